The van der Waals surface area contributed by atoms with Crippen molar-refractivity contribution in [3.05, 3.63) is 73.4 Å². The molecule has 0 radical (unpaired) electrons. The summed E-state index contributed by atoms with van der Waals surface area (Å²) in [5.41, 5.74) is 4.28. The number of fused-ring (bicyclic) bond motifs is 2. The first kappa shape index (κ1) is 33.7. The Hall–Kier alpha value is -2.31. The predicted molar refractivity (Wildman–Crippen MR) is 151 cm³/mol. The van der Waals surface area contributed by atoms with Crippen molar-refractivity contribution in [1.82, 2.24) is 0 Å². The fourth-order valence-electron chi connectivity index (χ4n) is 4.27. The normalized spacial score (nSPS) is 10.2. The van der Waals surface area contributed by atoms with Gasteiger partial charge in [-0.15, -0.1) is 0 Å². The van der Waals surface area contributed by atoms with Gasteiger partial charge in [0.2, 0.25) is 0 Å². The summed E-state index contributed by atoms with van der Waals surface area (Å²) in [5, 5.41) is 13.7. The Bertz CT molecular complexity index is 1460. The van der Waals surface area contributed by atoms with Gasteiger partial charge in [0.25, 0.3) is 0 Å². The molecule has 0 amide bonds. The largest absolute Gasteiger partial charge is 1.00 e. The number of carbonyl (C=O) groups excluding carboxylic acids is 1. The molecule has 5 nitrogen and oxygen atoms in total. The molecule has 0 fully saturated rings. The Kier molecular flexibility index (Phi) is 13.1. The van der Waals surface area contributed by atoms with Crippen LogP contribution in [0.25, 0.3) is 33.4 Å². The van der Waals surface area contributed by atoms with Crippen molar-refractivity contribution >= 4 is 28.5 Å². The molecule has 0 aromatic heterocycles. The van der Waals surface area contributed by atoms with E-state index in [1.165, 1.54) is 0 Å². The summed E-state index contributed by atoms with van der Waals surface area (Å²) in [6, 6.07) is 8.58. The van der Waals surface area contributed by atoms with E-state index in [-0.39, 0.29) is 47.3 Å². The van der Waals surface area contributed by atoms with E-state index in [1.54, 1.807) is 58.0 Å². The Labute approximate surface area is 252 Å². The van der Waals surface area contributed by atoms with Gasteiger partial charge in [0.05, 0.1) is 12.2 Å². The van der Waals surface area contributed by atoms with Gasteiger partial charge in [-0.05, 0) is 69.5 Å². The van der Waals surface area contributed by atoms with Crippen LogP contribution < -0.4 is 40.1 Å². The van der Waals surface area contributed by atoms with Crippen molar-refractivity contribution in [2.24, 2.45) is 0 Å². The van der Waals surface area contributed by atoms with Crippen LogP contribution in [0.1, 0.15) is 73.7 Å². The van der Waals surface area contributed by atoms with Gasteiger partial charge in [-0.1, -0.05) is 63.6 Å². The number of carbonyl (C=O) groups is 1. The van der Waals surface area contributed by atoms with Crippen molar-refractivity contribution < 1.29 is 48.6 Å². The quantitative estimate of drug-likeness (QED) is 0.201. The topological polar surface area (TPSA) is 79.6 Å². The second-order valence-electron chi connectivity index (χ2n) is 8.32. The molecule has 38 heavy (non-hydrogen) atoms. The standard InChI is InChI=1S/C27H25ClO5.2C2H6.Na/c1-6-10-32-27(31)17-8-7-9-20(28)22(17)21-18-11-13(2)23(29)15(4)25(18)33-26-16(5)24(30)14(3)12-19(21)26;2*1-2;/h7-9,11-12,29H,6,10H2,1-5H3;2*1-2H3;/q;;;+1/p-1. The molecule has 0 unspecified atom stereocenters. The van der Waals surface area contributed by atoms with E-state index >= 15 is 0 Å². The van der Waals surface area contributed by atoms with Crippen LogP contribution >= 0.6 is 11.6 Å². The maximum Gasteiger partial charge on any atom is 1.00 e. The third-order valence-electron chi connectivity index (χ3n) is 5.95. The Morgan fingerprint density at radius 3 is 2.21 bits per heavy atom. The van der Waals surface area contributed by atoms with E-state index in [1.807, 2.05) is 34.6 Å². The number of hydrogen-bond acceptors (Lipinski definition) is 5. The number of aryl methyl sites for hydroxylation is 3. The summed E-state index contributed by atoms with van der Waals surface area (Å²) in [4.78, 5) is 25.7. The SMILES string of the molecule is CC.CC.CCCOC(=O)c1cccc(Cl)c1-c1c2cc(C)c(=O)c(C)c-2oc2c(C)c([O-])c(C)cc12.[Na+]. The molecule has 1 aliphatic carbocycles. The average molecular weight is 547 g/mol. The van der Waals surface area contributed by atoms with Gasteiger partial charge in [-0.2, -0.15) is 0 Å². The molecule has 7 heteroatoms. The van der Waals surface area contributed by atoms with Crippen LogP contribution in [-0.2, 0) is 4.74 Å². The van der Waals surface area contributed by atoms with Crippen LogP contribution in [-0.4, -0.2) is 12.6 Å². The first-order valence-electron chi connectivity index (χ1n) is 12.8. The molecular formula is C31H36ClNaO5. The first-order valence-corrected chi connectivity index (χ1v) is 13.2. The monoisotopic (exact) mass is 546 g/mol. The molecule has 4 rings (SSSR count). The van der Waals surface area contributed by atoms with Gasteiger partial charge in [0, 0.05) is 32.7 Å². The van der Waals surface area contributed by atoms with Crippen molar-refractivity contribution in [2.45, 2.75) is 68.7 Å². The fraction of sp³-hybridized carbons (Fsp3) is 0.355. The molecule has 2 aromatic carbocycles. The summed E-state index contributed by atoms with van der Waals surface area (Å²) >= 11 is 6.70. The maximum absolute atomic E-state index is 13.0. The minimum absolute atomic E-state index is 0. The van der Waals surface area contributed by atoms with Crippen LogP contribution in [0.5, 0.6) is 5.75 Å². The van der Waals surface area contributed by atoms with Crippen molar-refractivity contribution in [2.75, 3.05) is 6.61 Å². The van der Waals surface area contributed by atoms with E-state index in [4.69, 9.17) is 20.8 Å². The summed E-state index contributed by atoms with van der Waals surface area (Å²) in [6.07, 6.45) is 0.688. The van der Waals surface area contributed by atoms with Crippen molar-refractivity contribution in [3.63, 3.8) is 0 Å². The van der Waals surface area contributed by atoms with Gasteiger partial charge in [0.1, 0.15) is 11.3 Å². The van der Waals surface area contributed by atoms with Crippen LogP contribution in [0.4, 0.5) is 0 Å². The van der Waals surface area contributed by atoms with E-state index < -0.39 is 5.97 Å². The number of rotatable bonds is 4. The Morgan fingerprint density at radius 1 is 0.974 bits per heavy atom. The smallest absolute Gasteiger partial charge is 0.872 e. The van der Waals surface area contributed by atoms with Gasteiger partial charge in [0.15, 0.2) is 5.43 Å². The third-order valence-corrected chi connectivity index (χ3v) is 6.27. The molecule has 0 bridgehead atoms. The van der Waals surface area contributed by atoms with Crippen LogP contribution in [0, 0.1) is 27.7 Å². The van der Waals surface area contributed by atoms with Gasteiger partial charge in [-0.3, -0.25) is 4.79 Å². The van der Waals surface area contributed by atoms with Crippen LogP contribution in [0.15, 0.2) is 39.5 Å². The van der Waals surface area contributed by atoms with Gasteiger partial charge >= 0.3 is 35.5 Å². The summed E-state index contributed by atoms with van der Waals surface area (Å²) < 4.78 is 11.6. The number of ether oxygens (including phenoxy) is 1. The summed E-state index contributed by atoms with van der Waals surface area (Å²) in [6.45, 7) is 17.1. The van der Waals surface area contributed by atoms with Crippen molar-refractivity contribution in [1.29, 1.82) is 0 Å². The first-order chi connectivity index (χ1) is 17.7. The van der Waals surface area contributed by atoms with Crippen LogP contribution in [0.3, 0.4) is 0 Å². The summed E-state index contributed by atoms with van der Waals surface area (Å²) in [7, 11) is 0. The molecule has 0 saturated heterocycles. The molecule has 198 valence electrons. The molecule has 0 N–H and O–H groups in total. The molecule has 1 aliphatic heterocycles. The number of halogens is 1. The van der Waals surface area contributed by atoms with Crippen molar-refractivity contribution in [3.8, 4) is 28.2 Å². The van der Waals surface area contributed by atoms with Crippen LogP contribution in [0.2, 0.25) is 5.02 Å². The maximum atomic E-state index is 13.0. The van der Waals surface area contributed by atoms with E-state index in [2.05, 4.69) is 0 Å². The minimum Gasteiger partial charge on any atom is -0.872 e. The van der Waals surface area contributed by atoms with Gasteiger partial charge < -0.3 is 14.3 Å². The predicted octanol–water partition coefficient (Wildman–Crippen LogP) is 5.15. The van der Waals surface area contributed by atoms with E-state index in [0.29, 0.717) is 72.7 Å². The molecule has 2 aromatic rings. The molecule has 0 atom stereocenters. The molecule has 2 aliphatic rings. The zero-order chi connectivity index (χ0) is 28.0. The van der Waals surface area contributed by atoms with E-state index in [9.17, 15) is 14.7 Å². The van der Waals surface area contributed by atoms with Gasteiger partial charge in [-0.25, -0.2) is 4.79 Å². The molecule has 0 spiro atoms. The zero-order valence-electron chi connectivity index (χ0n) is 24.2. The zero-order valence-corrected chi connectivity index (χ0v) is 27.0. The fourth-order valence-corrected chi connectivity index (χ4v) is 4.54. The average Bonchev–Trinajstić information content (AvgIpc) is 2.91. The number of esters is 1. The molecular weight excluding hydrogens is 511 g/mol. The second kappa shape index (κ2) is 14.7. The molecule has 1 heterocycles. The molecule has 0 saturated carbocycles. The number of hydrogen-bond donors (Lipinski definition) is 0. The minimum atomic E-state index is -0.487. The number of benzene rings is 3. The Balaban J connectivity index is 0.00000138. The third kappa shape index (κ3) is 6.28. The summed E-state index contributed by atoms with van der Waals surface area (Å²) in [5.74, 6) is -0.253. The second-order valence-corrected chi connectivity index (χ2v) is 8.73. The Morgan fingerprint density at radius 2 is 1.61 bits per heavy atom. The van der Waals surface area contributed by atoms with E-state index in [0.717, 1.165) is 0 Å².